The van der Waals surface area contributed by atoms with Crippen molar-refractivity contribution in [2.75, 3.05) is 19.7 Å². The normalized spacial score (nSPS) is 11.0. The van der Waals surface area contributed by atoms with E-state index in [1.54, 1.807) is 24.3 Å². The van der Waals surface area contributed by atoms with Gasteiger partial charge in [-0.2, -0.15) is 0 Å². The number of aliphatic hydroxyl groups is 1. The van der Waals surface area contributed by atoms with Crippen LogP contribution in [0.25, 0.3) is 10.8 Å². The number of aromatic nitrogens is 1. The largest absolute Gasteiger partial charge is 0.395 e. The van der Waals surface area contributed by atoms with E-state index in [-0.39, 0.29) is 12.2 Å². The zero-order valence-corrected chi connectivity index (χ0v) is 11.1. The van der Waals surface area contributed by atoms with E-state index in [0.29, 0.717) is 10.8 Å². The third-order valence-electron chi connectivity index (χ3n) is 3.00. The first-order chi connectivity index (χ1) is 10.0. The fourth-order valence-electron chi connectivity index (χ4n) is 2.06. The van der Waals surface area contributed by atoms with Gasteiger partial charge in [0.2, 0.25) is 0 Å². The lowest BCUT2D eigenvalue weighted by Gasteiger charge is -2.21. The van der Waals surface area contributed by atoms with Crippen LogP contribution >= 0.6 is 0 Å². The van der Waals surface area contributed by atoms with Gasteiger partial charge in [0.15, 0.2) is 0 Å². The summed E-state index contributed by atoms with van der Waals surface area (Å²) in [7, 11) is 0. The predicted octanol–water partition coefficient (Wildman–Crippen LogP) is 1.23. The van der Waals surface area contributed by atoms with E-state index in [2.05, 4.69) is 4.98 Å². The number of carbonyl (C=O) groups excluding carboxylic acids is 1. The molecule has 1 aromatic carbocycles. The molecule has 0 aliphatic heterocycles. The van der Waals surface area contributed by atoms with Crippen molar-refractivity contribution in [2.45, 2.75) is 6.43 Å². The number of halogens is 2. The maximum absolute atomic E-state index is 12.5. The number of hydrogen-bond donors (Lipinski definition) is 2. The summed E-state index contributed by atoms with van der Waals surface area (Å²) in [5.41, 5.74) is -0.537. The molecule has 0 atom stereocenters. The lowest BCUT2D eigenvalue weighted by Crippen LogP contribution is -2.38. The number of carbonyl (C=O) groups is 1. The molecule has 0 bridgehead atoms. The number of benzene rings is 1. The highest BCUT2D eigenvalue weighted by atomic mass is 19.3. The number of pyridine rings is 1. The summed E-state index contributed by atoms with van der Waals surface area (Å²) in [6, 6.07) is 8.10. The lowest BCUT2D eigenvalue weighted by molar-refractivity contribution is 0.0504. The van der Waals surface area contributed by atoms with E-state index in [4.69, 9.17) is 5.11 Å². The summed E-state index contributed by atoms with van der Waals surface area (Å²) in [5.74, 6) is -0.743. The minimum Gasteiger partial charge on any atom is -0.395 e. The quantitative estimate of drug-likeness (QED) is 0.871. The monoisotopic (exact) mass is 296 g/mol. The Kier molecular flexibility index (Phi) is 4.64. The molecular weight excluding hydrogens is 282 g/mol. The second-order valence-corrected chi connectivity index (χ2v) is 4.47. The number of nitrogens with one attached hydrogen (secondary N) is 1. The first kappa shape index (κ1) is 15.1. The van der Waals surface area contributed by atoms with Crippen molar-refractivity contribution in [3.05, 3.63) is 46.4 Å². The number of alkyl halides is 2. The smallest absolute Gasteiger partial charge is 0.270 e. The summed E-state index contributed by atoms with van der Waals surface area (Å²) in [6.45, 7) is -1.46. The molecule has 2 rings (SSSR count). The molecule has 0 fully saturated rings. The van der Waals surface area contributed by atoms with E-state index in [9.17, 15) is 18.4 Å². The molecule has 1 heterocycles. The molecule has 21 heavy (non-hydrogen) atoms. The van der Waals surface area contributed by atoms with Gasteiger partial charge in [-0.1, -0.05) is 18.2 Å². The molecule has 5 nitrogen and oxygen atoms in total. The summed E-state index contributed by atoms with van der Waals surface area (Å²) >= 11 is 0. The molecule has 0 spiro atoms. The zero-order valence-electron chi connectivity index (χ0n) is 11.1. The van der Waals surface area contributed by atoms with Crippen LogP contribution in [-0.2, 0) is 0 Å². The molecule has 1 amide bonds. The summed E-state index contributed by atoms with van der Waals surface area (Å²) in [4.78, 5) is 27.3. The van der Waals surface area contributed by atoms with Crippen LogP contribution in [0, 0.1) is 0 Å². The number of amides is 1. The second kappa shape index (κ2) is 6.45. The Morgan fingerprint density at radius 2 is 2.05 bits per heavy atom. The number of aliphatic hydroxyl groups excluding tert-OH is 1. The number of fused-ring (bicyclic) bond motifs is 1. The van der Waals surface area contributed by atoms with Gasteiger partial charge in [0.1, 0.15) is 5.69 Å². The van der Waals surface area contributed by atoms with E-state index in [0.717, 1.165) is 4.90 Å². The lowest BCUT2D eigenvalue weighted by atomic mass is 10.1. The SMILES string of the molecule is O=C(c1cc2ccccc2c(=O)[nH]1)N(CCO)CC(F)F. The molecule has 0 aliphatic rings. The van der Waals surface area contributed by atoms with E-state index in [1.165, 1.54) is 6.07 Å². The van der Waals surface area contributed by atoms with Gasteiger partial charge in [-0.05, 0) is 17.5 Å². The van der Waals surface area contributed by atoms with E-state index >= 15 is 0 Å². The summed E-state index contributed by atoms with van der Waals surface area (Å²) in [6.07, 6.45) is -2.72. The van der Waals surface area contributed by atoms with Crippen molar-refractivity contribution in [2.24, 2.45) is 0 Å². The number of rotatable bonds is 5. The molecule has 0 saturated carbocycles. The molecular formula is C14H14F2N2O3. The Morgan fingerprint density at radius 1 is 1.33 bits per heavy atom. The van der Waals surface area contributed by atoms with E-state index < -0.39 is 31.0 Å². The van der Waals surface area contributed by atoms with Gasteiger partial charge in [0.25, 0.3) is 17.9 Å². The molecule has 0 radical (unpaired) electrons. The highest BCUT2D eigenvalue weighted by Gasteiger charge is 2.20. The molecule has 0 unspecified atom stereocenters. The van der Waals surface area contributed by atoms with Gasteiger partial charge in [-0.25, -0.2) is 8.78 Å². The van der Waals surface area contributed by atoms with Crippen LogP contribution in [0.15, 0.2) is 35.1 Å². The van der Waals surface area contributed by atoms with Crippen LogP contribution in [0.1, 0.15) is 10.5 Å². The number of H-pyrrole nitrogens is 1. The van der Waals surface area contributed by atoms with Gasteiger partial charge in [-0.15, -0.1) is 0 Å². The number of hydrogen-bond acceptors (Lipinski definition) is 3. The third-order valence-corrected chi connectivity index (χ3v) is 3.00. The van der Waals surface area contributed by atoms with Crippen molar-refractivity contribution < 1.29 is 18.7 Å². The Balaban J connectivity index is 2.39. The topological polar surface area (TPSA) is 73.4 Å². The molecule has 1 aromatic heterocycles. The molecule has 0 saturated heterocycles. The van der Waals surface area contributed by atoms with Crippen LogP contribution in [0.2, 0.25) is 0 Å². The van der Waals surface area contributed by atoms with Gasteiger partial charge < -0.3 is 15.0 Å². The number of nitrogens with zero attached hydrogens (tertiary/aromatic N) is 1. The van der Waals surface area contributed by atoms with Gasteiger partial charge >= 0.3 is 0 Å². The van der Waals surface area contributed by atoms with Crippen molar-refractivity contribution in [1.82, 2.24) is 9.88 Å². The summed E-state index contributed by atoms with van der Waals surface area (Å²) < 4.78 is 24.9. The highest BCUT2D eigenvalue weighted by Crippen LogP contribution is 2.12. The van der Waals surface area contributed by atoms with Gasteiger partial charge in [-0.3, -0.25) is 9.59 Å². The van der Waals surface area contributed by atoms with E-state index in [1.807, 2.05) is 0 Å². The molecule has 7 heteroatoms. The van der Waals surface area contributed by atoms with Gasteiger partial charge in [0, 0.05) is 11.9 Å². The van der Waals surface area contributed by atoms with Crippen molar-refractivity contribution >= 4 is 16.7 Å². The zero-order chi connectivity index (χ0) is 15.4. The average Bonchev–Trinajstić information content (AvgIpc) is 2.45. The molecule has 112 valence electrons. The summed E-state index contributed by atoms with van der Waals surface area (Å²) in [5, 5.41) is 9.82. The van der Waals surface area contributed by atoms with Crippen molar-refractivity contribution in [1.29, 1.82) is 0 Å². The Bertz CT molecular complexity index is 700. The Labute approximate surface area is 118 Å². The third kappa shape index (κ3) is 3.43. The standard InChI is InChI=1S/C14H14F2N2O3/c15-12(16)8-18(5-6-19)14(21)11-7-9-3-1-2-4-10(9)13(20)17-11/h1-4,7,12,19H,5-6,8H2,(H,17,20). The van der Waals surface area contributed by atoms with Crippen molar-refractivity contribution in [3.8, 4) is 0 Å². The first-order valence-corrected chi connectivity index (χ1v) is 6.33. The highest BCUT2D eigenvalue weighted by molar-refractivity contribution is 5.96. The maximum Gasteiger partial charge on any atom is 0.270 e. The van der Waals surface area contributed by atoms with Crippen LogP contribution in [0.3, 0.4) is 0 Å². The predicted molar refractivity (Wildman–Crippen MR) is 73.6 cm³/mol. The van der Waals surface area contributed by atoms with Crippen LogP contribution in [0.4, 0.5) is 8.78 Å². The minimum absolute atomic E-state index is 0.0761. The number of aromatic amines is 1. The Morgan fingerprint density at radius 3 is 2.71 bits per heavy atom. The van der Waals surface area contributed by atoms with Crippen LogP contribution < -0.4 is 5.56 Å². The second-order valence-electron chi connectivity index (χ2n) is 4.47. The molecule has 2 aromatic rings. The molecule has 2 N–H and O–H groups in total. The van der Waals surface area contributed by atoms with Gasteiger partial charge in [0.05, 0.1) is 13.2 Å². The first-order valence-electron chi connectivity index (χ1n) is 6.33. The van der Waals surface area contributed by atoms with Crippen LogP contribution in [-0.4, -0.2) is 47.0 Å². The molecule has 0 aliphatic carbocycles. The van der Waals surface area contributed by atoms with Crippen molar-refractivity contribution in [3.63, 3.8) is 0 Å². The maximum atomic E-state index is 12.5. The fraction of sp³-hybridized carbons (Fsp3) is 0.286. The average molecular weight is 296 g/mol. The van der Waals surface area contributed by atoms with Crippen LogP contribution in [0.5, 0.6) is 0 Å². The minimum atomic E-state index is -2.72. The fourth-order valence-corrected chi connectivity index (χ4v) is 2.06. The Hall–Kier alpha value is -2.28.